The second-order valence-electron chi connectivity index (χ2n) is 7.71. The molecular formula is C25H32N2O4. The number of benzene rings is 2. The maximum Gasteiger partial charge on any atom is 0.328 e. The zero-order valence-corrected chi connectivity index (χ0v) is 18.5. The molecular weight excluding hydrogens is 392 g/mol. The molecule has 0 heterocycles. The van der Waals surface area contributed by atoms with Gasteiger partial charge in [0.05, 0.1) is 6.54 Å². The van der Waals surface area contributed by atoms with Crippen LogP contribution < -0.4 is 10.6 Å². The van der Waals surface area contributed by atoms with E-state index in [4.69, 9.17) is 4.74 Å². The lowest BCUT2D eigenvalue weighted by Gasteiger charge is -2.22. The SMILES string of the molecule is CCC(C)C(NC(=O)c1ccccc1)C(=O)OCCNC(=O)CCc1ccc(C)cc1. The summed E-state index contributed by atoms with van der Waals surface area (Å²) in [6.07, 6.45) is 1.75. The second kappa shape index (κ2) is 12.5. The van der Waals surface area contributed by atoms with Crippen molar-refractivity contribution in [2.45, 2.75) is 46.1 Å². The topological polar surface area (TPSA) is 84.5 Å². The van der Waals surface area contributed by atoms with E-state index in [1.54, 1.807) is 24.3 Å². The average Bonchev–Trinajstić information content (AvgIpc) is 2.79. The lowest BCUT2D eigenvalue weighted by atomic mass is 9.99. The van der Waals surface area contributed by atoms with Gasteiger partial charge in [-0.05, 0) is 37.0 Å². The van der Waals surface area contributed by atoms with Gasteiger partial charge in [0.1, 0.15) is 12.6 Å². The van der Waals surface area contributed by atoms with Gasteiger partial charge >= 0.3 is 5.97 Å². The van der Waals surface area contributed by atoms with Crippen molar-refractivity contribution < 1.29 is 19.1 Å². The molecule has 0 aliphatic heterocycles. The van der Waals surface area contributed by atoms with Crippen LogP contribution in [0.3, 0.4) is 0 Å². The molecule has 2 unspecified atom stereocenters. The zero-order chi connectivity index (χ0) is 22.6. The number of aryl methyl sites for hydroxylation is 2. The third-order valence-electron chi connectivity index (χ3n) is 5.22. The molecule has 2 atom stereocenters. The van der Waals surface area contributed by atoms with Gasteiger partial charge in [0.15, 0.2) is 0 Å². The van der Waals surface area contributed by atoms with Crippen LogP contribution in [0.25, 0.3) is 0 Å². The lowest BCUT2D eigenvalue weighted by Crippen LogP contribution is -2.46. The summed E-state index contributed by atoms with van der Waals surface area (Å²) in [7, 11) is 0. The first-order valence-electron chi connectivity index (χ1n) is 10.8. The van der Waals surface area contributed by atoms with Crippen molar-refractivity contribution in [3.63, 3.8) is 0 Å². The standard InChI is InChI=1S/C25H32N2O4/c1-4-19(3)23(27-24(29)21-8-6-5-7-9-21)25(30)31-17-16-26-22(28)15-14-20-12-10-18(2)11-13-20/h5-13,19,23H,4,14-17H2,1-3H3,(H,26,28)(H,27,29). The van der Waals surface area contributed by atoms with Crippen molar-refractivity contribution >= 4 is 17.8 Å². The molecule has 6 nitrogen and oxygen atoms in total. The summed E-state index contributed by atoms with van der Waals surface area (Å²) >= 11 is 0. The largest absolute Gasteiger partial charge is 0.462 e. The number of nitrogens with one attached hydrogen (secondary N) is 2. The Morgan fingerprint density at radius 1 is 1.00 bits per heavy atom. The molecule has 0 fully saturated rings. The molecule has 31 heavy (non-hydrogen) atoms. The molecule has 2 amide bonds. The lowest BCUT2D eigenvalue weighted by molar-refractivity contribution is -0.147. The van der Waals surface area contributed by atoms with Crippen LogP contribution in [0.4, 0.5) is 0 Å². The summed E-state index contributed by atoms with van der Waals surface area (Å²) in [5, 5.41) is 5.54. The van der Waals surface area contributed by atoms with Crippen molar-refractivity contribution in [2.24, 2.45) is 5.92 Å². The summed E-state index contributed by atoms with van der Waals surface area (Å²) < 4.78 is 5.32. The Morgan fingerprint density at radius 2 is 1.68 bits per heavy atom. The van der Waals surface area contributed by atoms with Crippen molar-refractivity contribution in [3.05, 3.63) is 71.3 Å². The van der Waals surface area contributed by atoms with Crippen LogP contribution >= 0.6 is 0 Å². The highest BCUT2D eigenvalue weighted by Gasteiger charge is 2.27. The third-order valence-corrected chi connectivity index (χ3v) is 5.22. The van der Waals surface area contributed by atoms with Crippen LogP contribution in [-0.2, 0) is 20.7 Å². The van der Waals surface area contributed by atoms with Gasteiger partial charge in [-0.2, -0.15) is 0 Å². The van der Waals surface area contributed by atoms with Gasteiger partial charge in [0, 0.05) is 12.0 Å². The summed E-state index contributed by atoms with van der Waals surface area (Å²) in [5.74, 6) is -0.975. The molecule has 2 aromatic carbocycles. The van der Waals surface area contributed by atoms with E-state index in [-0.39, 0.29) is 30.9 Å². The highest BCUT2D eigenvalue weighted by atomic mass is 16.5. The molecule has 0 spiro atoms. The molecule has 0 saturated carbocycles. The number of ether oxygens (including phenoxy) is 1. The molecule has 2 aromatic rings. The van der Waals surface area contributed by atoms with Gasteiger partial charge in [0.25, 0.3) is 5.91 Å². The van der Waals surface area contributed by atoms with E-state index in [2.05, 4.69) is 10.6 Å². The highest BCUT2D eigenvalue weighted by molar-refractivity contribution is 5.96. The van der Waals surface area contributed by atoms with Crippen LogP contribution in [-0.4, -0.2) is 37.0 Å². The van der Waals surface area contributed by atoms with Crippen LogP contribution in [0.15, 0.2) is 54.6 Å². The zero-order valence-electron chi connectivity index (χ0n) is 18.5. The van der Waals surface area contributed by atoms with Gasteiger partial charge in [0.2, 0.25) is 5.91 Å². The van der Waals surface area contributed by atoms with Crippen molar-refractivity contribution in [3.8, 4) is 0 Å². The molecule has 0 aromatic heterocycles. The Balaban J connectivity index is 1.75. The van der Waals surface area contributed by atoms with Crippen LogP contribution in [0, 0.1) is 12.8 Å². The number of carbonyl (C=O) groups excluding carboxylic acids is 3. The number of carbonyl (C=O) groups is 3. The smallest absolute Gasteiger partial charge is 0.328 e. The third kappa shape index (κ3) is 8.24. The minimum Gasteiger partial charge on any atom is -0.462 e. The Hall–Kier alpha value is -3.15. The van der Waals surface area contributed by atoms with Gasteiger partial charge in [-0.1, -0.05) is 68.3 Å². The Labute approximate surface area is 184 Å². The van der Waals surface area contributed by atoms with Gasteiger partial charge < -0.3 is 15.4 Å². The number of esters is 1. The Morgan fingerprint density at radius 3 is 2.32 bits per heavy atom. The number of rotatable bonds is 11. The van der Waals surface area contributed by atoms with Gasteiger partial charge in [-0.15, -0.1) is 0 Å². The van der Waals surface area contributed by atoms with E-state index in [0.717, 1.165) is 5.56 Å². The highest BCUT2D eigenvalue weighted by Crippen LogP contribution is 2.11. The quantitative estimate of drug-likeness (QED) is 0.428. The van der Waals surface area contributed by atoms with E-state index in [9.17, 15) is 14.4 Å². The molecule has 0 aliphatic carbocycles. The molecule has 0 saturated heterocycles. The Kier molecular flexibility index (Phi) is 9.75. The van der Waals surface area contributed by atoms with E-state index < -0.39 is 12.0 Å². The van der Waals surface area contributed by atoms with Crippen molar-refractivity contribution in [1.29, 1.82) is 0 Å². The predicted octanol–water partition coefficient (Wildman–Crippen LogP) is 3.43. The molecule has 166 valence electrons. The van der Waals surface area contributed by atoms with E-state index >= 15 is 0 Å². The van der Waals surface area contributed by atoms with Crippen molar-refractivity contribution in [2.75, 3.05) is 13.2 Å². The van der Waals surface area contributed by atoms with Crippen LogP contribution in [0.2, 0.25) is 0 Å². The van der Waals surface area contributed by atoms with Gasteiger partial charge in [-0.3, -0.25) is 9.59 Å². The van der Waals surface area contributed by atoms with Gasteiger partial charge in [-0.25, -0.2) is 4.79 Å². The predicted molar refractivity (Wildman–Crippen MR) is 121 cm³/mol. The fraction of sp³-hybridized carbons (Fsp3) is 0.400. The fourth-order valence-corrected chi connectivity index (χ4v) is 3.02. The Bertz CT molecular complexity index is 850. The van der Waals surface area contributed by atoms with Crippen molar-refractivity contribution in [1.82, 2.24) is 10.6 Å². The maximum absolute atomic E-state index is 12.5. The molecule has 0 radical (unpaired) electrons. The molecule has 0 aliphatic rings. The van der Waals surface area contributed by atoms with Crippen LogP contribution in [0.5, 0.6) is 0 Å². The first-order chi connectivity index (χ1) is 14.9. The summed E-state index contributed by atoms with van der Waals surface area (Å²) in [5.41, 5.74) is 2.79. The van der Waals surface area contributed by atoms with E-state index in [1.807, 2.05) is 51.1 Å². The van der Waals surface area contributed by atoms with E-state index in [0.29, 0.717) is 24.8 Å². The maximum atomic E-state index is 12.5. The summed E-state index contributed by atoms with van der Waals surface area (Å²) in [6.45, 7) is 6.16. The average molecular weight is 425 g/mol. The second-order valence-corrected chi connectivity index (χ2v) is 7.71. The molecule has 2 rings (SSSR count). The summed E-state index contributed by atoms with van der Waals surface area (Å²) in [4.78, 5) is 37.0. The first kappa shape index (κ1) is 24.1. The number of amides is 2. The monoisotopic (exact) mass is 424 g/mol. The minimum atomic E-state index is -0.741. The molecule has 0 bridgehead atoms. The first-order valence-corrected chi connectivity index (χ1v) is 10.8. The minimum absolute atomic E-state index is 0.0588. The molecule has 2 N–H and O–H groups in total. The van der Waals surface area contributed by atoms with E-state index in [1.165, 1.54) is 5.56 Å². The number of hydrogen-bond acceptors (Lipinski definition) is 4. The number of hydrogen-bond donors (Lipinski definition) is 2. The normalized spacial score (nSPS) is 12.5. The fourth-order valence-electron chi connectivity index (χ4n) is 3.02. The van der Waals surface area contributed by atoms with Crippen LogP contribution in [0.1, 0.15) is 48.2 Å². The summed E-state index contributed by atoms with van der Waals surface area (Å²) in [6, 6.07) is 16.1. The molecule has 6 heteroatoms.